The molecular weight excluding hydrogens is 293 g/mol. The van der Waals surface area contributed by atoms with E-state index in [2.05, 4.69) is 5.32 Å². The number of halogens is 3. The van der Waals surface area contributed by atoms with Crippen LogP contribution in [0.1, 0.15) is 17.5 Å². The number of aliphatic hydroxyl groups is 1. The highest BCUT2D eigenvalue weighted by Gasteiger charge is 2.34. The van der Waals surface area contributed by atoms with Crippen LogP contribution in [-0.4, -0.2) is 53.7 Å². The van der Waals surface area contributed by atoms with Gasteiger partial charge in [-0.3, -0.25) is 9.59 Å². The van der Waals surface area contributed by atoms with Gasteiger partial charge in [0.2, 0.25) is 5.91 Å². The molecule has 0 saturated carbocycles. The lowest BCUT2D eigenvalue weighted by atomic mass is 10.2. The number of carbonyl (C=O) groups excluding carboxylic acids is 2. The molecule has 6 nitrogen and oxygen atoms in total. The van der Waals surface area contributed by atoms with E-state index in [1.807, 2.05) is 0 Å². The molecule has 0 radical (unpaired) electrons. The number of alkyl halides is 3. The summed E-state index contributed by atoms with van der Waals surface area (Å²) in [6.45, 7) is -1.32. The van der Waals surface area contributed by atoms with Crippen molar-refractivity contribution in [2.24, 2.45) is 0 Å². The highest BCUT2D eigenvalue weighted by molar-refractivity contribution is 5.95. The fourth-order valence-electron chi connectivity index (χ4n) is 1.62. The van der Waals surface area contributed by atoms with Crippen molar-refractivity contribution in [2.75, 3.05) is 19.7 Å². The molecule has 1 unspecified atom stereocenters. The van der Waals surface area contributed by atoms with Gasteiger partial charge in [0.25, 0.3) is 5.91 Å². The number of furan rings is 1. The summed E-state index contributed by atoms with van der Waals surface area (Å²) < 4.78 is 41.9. The highest BCUT2D eigenvalue weighted by atomic mass is 19.4. The molecule has 2 N–H and O–H groups in total. The van der Waals surface area contributed by atoms with Crippen molar-refractivity contribution < 1.29 is 32.3 Å². The SMILES string of the molecule is CC(NC(=O)c1ccco1)C(=O)N(CCO)CC(F)(F)F. The van der Waals surface area contributed by atoms with Gasteiger partial charge >= 0.3 is 6.18 Å². The quantitative estimate of drug-likeness (QED) is 0.813. The van der Waals surface area contributed by atoms with Gasteiger partial charge in [0.05, 0.1) is 12.9 Å². The predicted molar refractivity (Wildman–Crippen MR) is 65.4 cm³/mol. The van der Waals surface area contributed by atoms with Gasteiger partial charge in [-0.25, -0.2) is 0 Å². The van der Waals surface area contributed by atoms with Crippen molar-refractivity contribution in [2.45, 2.75) is 19.1 Å². The zero-order chi connectivity index (χ0) is 16.0. The summed E-state index contributed by atoms with van der Waals surface area (Å²) in [5.41, 5.74) is 0. The second-order valence-electron chi connectivity index (χ2n) is 4.27. The van der Waals surface area contributed by atoms with E-state index in [-0.39, 0.29) is 5.76 Å². The van der Waals surface area contributed by atoms with Crippen LogP contribution in [-0.2, 0) is 4.79 Å². The van der Waals surface area contributed by atoms with Gasteiger partial charge in [-0.15, -0.1) is 0 Å². The van der Waals surface area contributed by atoms with Crippen LogP contribution in [0.15, 0.2) is 22.8 Å². The summed E-state index contributed by atoms with van der Waals surface area (Å²) in [6, 6.07) is 1.63. The van der Waals surface area contributed by atoms with Crippen molar-refractivity contribution in [1.29, 1.82) is 0 Å². The Morgan fingerprint density at radius 3 is 2.62 bits per heavy atom. The average molecular weight is 308 g/mol. The van der Waals surface area contributed by atoms with Gasteiger partial charge in [-0.2, -0.15) is 13.2 Å². The minimum atomic E-state index is -4.59. The lowest BCUT2D eigenvalue weighted by molar-refractivity contribution is -0.162. The summed E-state index contributed by atoms with van der Waals surface area (Å²) in [4.78, 5) is 24.0. The molecule has 118 valence electrons. The Balaban J connectivity index is 2.67. The molecule has 0 aromatic carbocycles. The van der Waals surface area contributed by atoms with Gasteiger partial charge in [0, 0.05) is 6.54 Å². The maximum atomic E-state index is 12.4. The Morgan fingerprint density at radius 1 is 1.48 bits per heavy atom. The van der Waals surface area contributed by atoms with E-state index in [0.29, 0.717) is 4.90 Å². The summed E-state index contributed by atoms with van der Waals surface area (Å²) in [5, 5.41) is 11.0. The fourth-order valence-corrected chi connectivity index (χ4v) is 1.62. The van der Waals surface area contributed by atoms with E-state index in [4.69, 9.17) is 9.52 Å². The van der Waals surface area contributed by atoms with Crippen molar-refractivity contribution in [3.05, 3.63) is 24.2 Å². The Hall–Kier alpha value is -2.03. The van der Waals surface area contributed by atoms with Crippen molar-refractivity contribution in [1.82, 2.24) is 10.2 Å². The number of nitrogens with zero attached hydrogens (tertiary/aromatic N) is 1. The zero-order valence-electron chi connectivity index (χ0n) is 11.2. The van der Waals surface area contributed by atoms with Gasteiger partial charge in [0.1, 0.15) is 12.6 Å². The zero-order valence-corrected chi connectivity index (χ0v) is 11.2. The van der Waals surface area contributed by atoms with Crippen LogP contribution in [0.2, 0.25) is 0 Å². The normalized spacial score (nSPS) is 12.8. The molecule has 9 heteroatoms. The summed E-state index contributed by atoms with van der Waals surface area (Å²) in [6.07, 6.45) is -3.33. The minimum Gasteiger partial charge on any atom is -0.459 e. The van der Waals surface area contributed by atoms with E-state index in [1.165, 1.54) is 25.3 Å². The standard InChI is InChI=1S/C12H15F3N2O4/c1-8(16-10(19)9-3-2-6-21-9)11(20)17(4-5-18)7-12(13,14)15/h2-3,6,8,18H,4-5,7H2,1H3,(H,16,19). The Bertz CT molecular complexity index is 473. The van der Waals surface area contributed by atoms with E-state index < -0.39 is 43.7 Å². The summed E-state index contributed by atoms with van der Waals surface area (Å²) >= 11 is 0. The maximum Gasteiger partial charge on any atom is 0.406 e. The van der Waals surface area contributed by atoms with Gasteiger partial charge in [-0.1, -0.05) is 0 Å². The topological polar surface area (TPSA) is 82.8 Å². The number of nitrogens with one attached hydrogen (secondary N) is 1. The van der Waals surface area contributed by atoms with Crippen LogP contribution in [0, 0.1) is 0 Å². The van der Waals surface area contributed by atoms with Crippen LogP contribution in [0.25, 0.3) is 0 Å². The second-order valence-corrected chi connectivity index (χ2v) is 4.27. The predicted octanol–water partition coefficient (Wildman–Crippen LogP) is 0.781. The first kappa shape index (κ1) is 17.0. The number of amides is 2. The minimum absolute atomic E-state index is 0.0563. The van der Waals surface area contributed by atoms with Crippen molar-refractivity contribution in [3.8, 4) is 0 Å². The van der Waals surface area contributed by atoms with Crippen LogP contribution in [0.3, 0.4) is 0 Å². The third kappa shape index (κ3) is 5.46. The average Bonchev–Trinajstić information content (AvgIpc) is 2.89. The number of aliphatic hydroxyl groups excluding tert-OH is 1. The number of hydrogen-bond donors (Lipinski definition) is 2. The van der Waals surface area contributed by atoms with Gasteiger partial charge < -0.3 is 19.7 Å². The molecule has 21 heavy (non-hydrogen) atoms. The number of carbonyl (C=O) groups is 2. The molecule has 1 atom stereocenters. The first-order valence-corrected chi connectivity index (χ1v) is 6.05. The molecule has 0 fully saturated rings. The summed E-state index contributed by atoms with van der Waals surface area (Å²) in [5.74, 6) is -1.71. The molecule has 1 aromatic rings. The molecule has 1 aromatic heterocycles. The van der Waals surface area contributed by atoms with E-state index in [0.717, 1.165) is 0 Å². The molecule has 0 aliphatic heterocycles. The number of hydrogen-bond acceptors (Lipinski definition) is 4. The first-order valence-electron chi connectivity index (χ1n) is 6.05. The molecule has 0 spiro atoms. The smallest absolute Gasteiger partial charge is 0.406 e. The lowest BCUT2D eigenvalue weighted by Gasteiger charge is -2.26. The van der Waals surface area contributed by atoms with E-state index in [9.17, 15) is 22.8 Å². The van der Waals surface area contributed by atoms with E-state index >= 15 is 0 Å². The Kier molecular flexibility index (Phi) is 5.77. The van der Waals surface area contributed by atoms with Crippen LogP contribution < -0.4 is 5.32 Å². The lowest BCUT2D eigenvalue weighted by Crippen LogP contribution is -2.50. The van der Waals surface area contributed by atoms with Crippen molar-refractivity contribution >= 4 is 11.8 Å². The van der Waals surface area contributed by atoms with Crippen LogP contribution in [0.4, 0.5) is 13.2 Å². The Labute approximate surface area is 118 Å². The van der Waals surface area contributed by atoms with Gasteiger partial charge in [-0.05, 0) is 19.1 Å². The number of rotatable bonds is 6. The van der Waals surface area contributed by atoms with Gasteiger partial charge in [0.15, 0.2) is 5.76 Å². The fraction of sp³-hybridized carbons (Fsp3) is 0.500. The third-order valence-corrected chi connectivity index (χ3v) is 2.51. The van der Waals surface area contributed by atoms with Crippen molar-refractivity contribution in [3.63, 3.8) is 0 Å². The second kappa shape index (κ2) is 7.11. The molecule has 2 amide bonds. The van der Waals surface area contributed by atoms with E-state index in [1.54, 1.807) is 0 Å². The third-order valence-electron chi connectivity index (χ3n) is 2.51. The molecule has 0 saturated heterocycles. The molecular formula is C12H15F3N2O4. The highest BCUT2D eigenvalue weighted by Crippen LogP contribution is 2.17. The monoisotopic (exact) mass is 308 g/mol. The molecule has 0 bridgehead atoms. The first-order chi connectivity index (χ1) is 9.74. The molecule has 0 aliphatic carbocycles. The molecule has 1 rings (SSSR count). The molecule has 1 heterocycles. The van der Waals surface area contributed by atoms with Crippen LogP contribution >= 0.6 is 0 Å². The van der Waals surface area contributed by atoms with Crippen LogP contribution in [0.5, 0.6) is 0 Å². The Morgan fingerprint density at radius 2 is 2.14 bits per heavy atom. The molecule has 0 aliphatic rings. The largest absolute Gasteiger partial charge is 0.459 e. The summed E-state index contributed by atoms with van der Waals surface area (Å²) in [7, 11) is 0. The maximum absolute atomic E-state index is 12.4.